The predicted molar refractivity (Wildman–Crippen MR) is 442 cm³/mol. The number of aromatic nitrogens is 16. The average molecular weight is 1540 g/mol. The first-order chi connectivity index (χ1) is 53.9. The number of rotatable bonds is 36. The Morgan fingerprint density at radius 3 is 1.28 bits per heavy atom. The van der Waals surface area contributed by atoms with Crippen LogP contribution < -0.4 is 65.7 Å². The van der Waals surface area contributed by atoms with Gasteiger partial charge in [0.15, 0.2) is 46.4 Å². The van der Waals surface area contributed by atoms with Gasteiger partial charge in [-0.15, -0.1) is 0 Å². The lowest BCUT2D eigenvalue weighted by Crippen LogP contribution is -2.32. The summed E-state index contributed by atoms with van der Waals surface area (Å²) in [4.78, 5) is 105. The number of carbonyl (C=O) groups is 3. The minimum absolute atomic E-state index is 0.0232. The molecule has 5 atom stereocenters. The van der Waals surface area contributed by atoms with Crippen LogP contribution in [0.25, 0.3) is 55.2 Å². The quantitative estimate of drug-likeness (QED) is 0.0174. The largest absolute Gasteiger partial charge is 0.495 e. The van der Waals surface area contributed by atoms with Crippen LogP contribution in [0.1, 0.15) is 163 Å². The van der Waals surface area contributed by atoms with Gasteiger partial charge in [-0.05, 0) is 139 Å². The smallest absolute Gasteiger partial charge is 0.222 e. The van der Waals surface area contributed by atoms with E-state index in [9.17, 15) is 29.7 Å². The highest BCUT2D eigenvalue weighted by atomic mass is 16.5. The van der Waals surface area contributed by atoms with Gasteiger partial charge in [-0.3, -0.25) is 34.3 Å². The summed E-state index contributed by atoms with van der Waals surface area (Å²) in [7, 11) is 1.57. The Bertz CT molecular complexity index is 4790. The number of aliphatic hydroxyl groups excluding tert-OH is 2. The van der Waals surface area contributed by atoms with Crippen molar-refractivity contribution in [2.24, 2.45) is 5.73 Å². The van der Waals surface area contributed by atoms with Gasteiger partial charge < -0.3 is 81.0 Å². The van der Waals surface area contributed by atoms with E-state index in [1.807, 2.05) is 70.2 Å². The fourth-order valence-corrected chi connectivity index (χ4v) is 11.7. The van der Waals surface area contributed by atoms with Crippen molar-refractivity contribution in [1.82, 2.24) is 79.7 Å². The number of carbonyl (C=O) groups excluding carboxylic acids is 3. The highest BCUT2D eigenvalue weighted by Gasteiger charge is 2.25. The molecule has 0 bridgehead atoms. The summed E-state index contributed by atoms with van der Waals surface area (Å²) in [6, 6.07) is 20.9. The number of fused-ring (bicyclic) bond motifs is 5. The second kappa shape index (κ2) is 44.8. The number of nitrogen functional groups attached to an aromatic ring is 5. The number of hydrogen-bond acceptors (Lipinski definition) is 34. The molecule has 0 radical (unpaired) electrons. The lowest BCUT2D eigenvalue weighted by molar-refractivity contribution is -0.121. The van der Waals surface area contributed by atoms with Gasteiger partial charge in [0.25, 0.3) is 0 Å². The Morgan fingerprint density at radius 1 is 0.446 bits per heavy atom. The van der Waals surface area contributed by atoms with E-state index >= 15 is 0 Å². The normalized spacial score (nSPS) is 12.4. The number of anilines is 10. The summed E-state index contributed by atoms with van der Waals surface area (Å²) < 4.78 is 5.12. The van der Waals surface area contributed by atoms with Gasteiger partial charge in [-0.1, -0.05) is 79.2 Å². The number of pyridine rings is 6. The van der Waals surface area contributed by atoms with Crippen LogP contribution in [-0.4, -0.2) is 175 Å². The molecule has 0 spiro atoms. The number of hydrogen-bond donors (Lipinski definition) is 14. The number of nitrogens with zero attached hydrogens (tertiary/aromatic N) is 16. The molecule has 0 saturated heterocycles. The Balaban J connectivity index is 0.000000195. The fraction of sp³-hybridized carbons (Fsp3) is 0.449. The number of ketones is 3. The zero-order chi connectivity index (χ0) is 81.1. The molecular formula is C78H109N27O7. The second-order valence-electron chi connectivity index (χ2n) is 27.2. The molecule has 0 aliphatic carbocycles. The van der Waals surface area contributed by atoms with Crippen molar-refractivity contribution in [3.05, 3.63) is 115 Å². The van der Waals surface area contributed by atoms with Gasteiger partial charge in [0, 0.05) is 61.5 Å². The van der Waals surface area contributed by atoms with Gasteiger partial charge in [0.1, 0.15) is 38.8 Å². The van der Waals surface area contributed by atoms with Crippen LogP contribution in [0.3, 0.4) is 0 Å². The third kappa shape index (κ3) is 27.4. The lowest BCUT2D eigenvalue weighted by atomic mass is 9.96. The highest BCUT2D eigenvalue weighted by molar-refractivity contribution is 5.94. The molecule has 34 nitrogen and oxygen atoms in total. The van der Waals surface area contributed by atoms with Crippen LogP contribution in [0, 0.1) is 6.92 Å². The van der Waals surface area contributed by atoms with Gasteiger partial charge in [-0.25, -0.2) is 34.9 Å². The second-order valence-corrected chi connectivity index (χ2v) is 27.2. The Morgan fingerprint density at radius 2 is 0.857 bits per heavy atom. The van der Waals surface area contributed by atoms with Crippen LogP contribution in [0.5, 0.6) is 5.75 Å². The SMILES string of the molecule is CCCC[C@@H](CO)Nc1nc(N)nc2ccc(C)nc12.CCC[C@@H](CO)Nc1nc(N)nc2cc(OC)cnc12.CCC[C@H](Nc1nc(N)nc2cccnc12)C(=O)CCC(C)(C)O.CCC[C@H](Nc1nc(N)nc2cccnc12)C(=O)CCCN.CCC[C@H](Nc1nc(N)nc2cccnc12)C(=O)CCc1ccccn1. The van der Waals surface area contributed by atoms with Gasteiger partial charge in [0.05, 0.1) is 84.4 Å². The number of nitrogens with two attached hydrogens (primary N) is 6. The summed E-state index contributed by atoms with van der Waals surface area (Å²) >= 11 is 0. The number of aliphatic hydroxyl groups is 3. The molecular weight excluding hydrogens is 1430 g/mol. The van der Waals surface area contributed by atoms with Crippen molar-refractivity contribution in [2.45, 2.75) is 200 Å². The molecule has 0 amide bonds. The molecule has 0 saturated carbocycles. The van der Waals surface area contributed by atoms with Gasteiger partial charge in [0.2, 0.25) is 29.7 Å². The van der Waals surface area contributed by atoms with Crippen LogP contribution >= 0.6 is 0 Å². The number of aryl methyl sites for hydroxylation is 2. The van der Waals surface area contributed by atoms with Crippen LogP contribution in [0.2, 0.25) is 0 Å². The van der Waals surface area contributed by atoms with E-state index in [2.05, 4.69) is 120 Å². The summed E-state index contributed by atoms with van der Waals surface area (Å²) in [6.45, 7) is 16.2. The third-order valence-electron chi connectivity index (χ3n) is 17.3. The van der Waals surface area contributed by atoms with Gasteiger partial charge in [-0.2, -0.15) is 24.9 Å². The molecule has 0 aliphatic rings. The van der Waals surface area contributed by atoms with Crippen molar-refractivity contribution in [1.29, 1.82) is 0 Å². The van der Waals surface area contributed by atoms with E-state index in [4.69, 9.17) is 39.1 Å². The van der Waals surface area contributed by atoms with E-state index in [-0.39, 0.29) is 84.5 Å². The summed E-state index contributed by atoms with van der Waals surface area (Å²) in [5.74, 6) is 4.30. The van der Waals surface area contributed by atoms with E-state index in [1.54, 1.807) is 82.3 Å². The number of ether oxygens (including phenoxy) is 1. The standard InChI is InChI=1S/C19H22N6O.C17H25N5O2.C15H22N6O.C14H21N5O.C13H19N5O2/c1-2-6-14(16(26)10-9-13-7-3-4-11-21-13)23-18-17-15(8-5-12-22-17)24-19(20)25-18;1-4-6-11(13(23)8-9-17(2,3)24)20-15-14-12(7-5-10-19-14)21-16(18)22-15;1-2-5-10(12(22)7-3-8-16)19-14-13-11(6-4-9-18-13)20-15(17)21-14;1-3-4-5-10(8-20)17-13-12-11(18-14(15)19-13)7-6-9(2)16-12;1-3-4-8(7-19)16-12-11-10(17-13(14)18-12)5-9(20-2)6-15-11/h3-5,7-8,11-12,14H,2,6,9-10H2,1H3,(H3,20,23,24,25);5,7,10-11,24H,4,6,8-9H2,1-3H3,(H3,18,20,21,22);4,6,9-10H,2-3,5,7-8,16H2,1H3,(H3,17,19,20,21);6-7,10,20H,3-5,8H2,1-2H3,(H3,15,17,18,19);5-6,8,19H,3-4,7H2,1-2H3,(H3,14,16,17,18)/t14-;11-;2*10-;8-/m00000/s1. The lowest BCUT2D eigenvalue weighted by Gasteiger charge is -2.21. The third-order valence-corrected chi connectivity index (χ3v) is 17.3. The summed E-state index contributed by atoms with van der Waals surface area (Å²) in [5, 5.41) is 44.6. The monoisotopic (exact) mass is 1540 g/mol. The van der Waals surface area contributed by atoms with Crippen molar-refractivity contribution < 1.29 is 34.4 Å². The molecule has 11 rings (SSSR count). The molecule has 598 valence electrons. The van der Waals surface area contributed by atoms with Crippen molar-refractivity contribution in [3.8, 4) is 5.75 Å². The summed E-state index contributed by atoms with van der Waals surface area (Å²) in [5.41, 5.74) is 41.5. The maximum absolute atomic E-state index is 12.7. The molecule has 0 unspecified atom stereocenters. The number of methoxy groups -OCH3 is 1. The minimum Gasteiger partial charge on any atom is -0.495 e. The first-order valence-corrected chi connectivity index (χ1v) is 37.9. The molecule has 112 heavy (non-hydrogen) atoms. The van der Waals surface area contributed by atoms with E-state index in [1.165, 1.54) is 0 Å². The fourth-order valence-electron chi connectivity index (χ4n) is 11.7. The predicted octanol–water partition coefficient (Wildman–Crippen LogP) is 9.65. The minimum atomic E-state index is -0.861. The zero-order valence-electron chi connectivity index (χ0n) is 65.4. The Kier molecular flexibility index (Phi) is 35.0. The average Bonchev–Trinajstić information content (AvgIpc) is 0.826. The molecule has 0 aliphatic heterocycles. The molecule has 20 N–H and O–H groups in total. The zero-order valence-corrected chi connectivity index (χ0v) is 65.4. The summed E-state index contributed by atoms with van der Waals surface area (Å²) in [6.07, 6.45) is 20.7. The molecule has 11 aromatic heterocycles. The van der Waals surface area contributed by atoms with Crippen molar-refractivity contribution in [2.75, 3.05) is 82.1 Å². The van der Waals surface area contributed by atoms with Crippen LogP contribution in [0.4, 0.5) is 58.8 Å². The maximum atomic E-state index is 12.7. The number of nitrogens with one attached hydrogen (secondary N) is 5. The maximum Gasteiger partial charge on any atom is 0.222 e. The molecule has 0 aromatic carbocycles. The number of Topliss-reactive ketones (excluding diaryl/α,β-unsaturated/α-hetero) is 3. The Labute approximate surface area is 651 Å². The highest BCUT2D eigenvalue weighted by Crippen LogP contribution is 2.28. The van der Waals surface area contributed by atoms with Crippen molar-refractivity contribution >= 4 is 131 Å². The molecule has 11 aromatic rings. The molecule has 34 heteroatoms. The first-order valence-electron chi connectivity index (χ1n) is 37.9. The van der Waals surface area contributed by atoms with Crippen LogP contribution in [-0.2, 0) is 20.8 Å². The van der Waals surface area contributed by atoms with Crippen molar-refractivity contribution in [3.63, 3.8) is 0 Å². The number of unbranched alkanes of at least 4 members (excludes halogenated alkanes) is 1. The topological polar surface area (TPSA) is 544 Å². The van der Waals surface area contributed by atoms with E-state index < -0.39 is 11.6 Å². The first kappa shape index (κ1) is 87.5. The Hall–Kier alpha value is -11.8. The van der Waals surface area contributed by atoms with Gasteiger partial charge >= 0.3 is 0 Å². The van der Waals surface area contributed by atoms with E-state index in [0.29, 0.717) is 148 Å². The van der Waals surface area contributed by atoms with E-state index in [0.717, 1.165) is 69.2 Å². The van der Waals surface area contributed by atoms with Crippen LogP contribution in [0.15, 0.2) is 104 Å². The molecule has 0 fully saturated rings. The molecule has 11 heterocycles.